The fourth-order valence-electron chi connectivity index (χ4n) is 7.29. The first kappa shape index (κ1) is 24.9. The second-order valence-corrected chi connectivity index (χ2v) is 11.6. The number of hydrogen-bond donors (Lipinski definition) is 0. The van der Waals surface area contributed by atoms with E-state index in [1.807, 2.05) is 18.2 Å². The van der Waals surface area contributed by atoms with E-state index in [-0.39, 0.29) is 0 Å². The third kappa shape index (κ3) is 3.43. The molecule has 0 aliphatic heterocycles. The van der Waals surface area contributed by atoms with Crippen molar-refractivity contribution in [2.24, 2.45) is 0 Å². The molecule has 0 bridgehead atoms. The smallest absolute Gasteiger partial charge is 0.179 e. The Labute approximate surface area is 254 Å². The molecule has 0 spiro atoms. The van der Waals surface area contributed by atoms with E-state index in [0.29, 0.717) is 0 Å². The van der Waals surface area contributed by atoms with Crippen molar-refractivity contribution >= 4 is 81.8 Å². The van der Waals surface area contributed by atoms with Crippen LogP contribution in [-0.4, -0.2) is 0 Å². The van der Waals surface area contributed by atoms with Gasteiger partial charge in [-0.2, -0.15) is 0 Å². The van der Waals surface area contributed by atoms with E-state index in [1.54, 1.807) is 0 Å². The van der Waals surface area contributed by atoms with Gasteiger partial charge in [0.05, 0.1) is 0 Å². The third-order valence-corrected chi connectivity index (χ3v) is 9.18. The van der Waals surface area contributed by atoms with Crippen LogP contribution in [0.4, 0.5) is 0 Å². The predicted octanol–water partition coefficient (Wildman–Crippen LogP) is 12.6. The first-order valence-electron chi connectivity index (χ1n) is 15.1. The fraction of sp³-hybridized carbons (Fsp3) is 0.0476. The van der Waals surface area contributed by atoms with Crippen LogP contribution in [0.25, 0.3) is 92.9 Å². The fourth-order valence-corrected chi connectivity index (χ4v) is 7.29. The van der Waals surface area contributed by atoms with Crippen molar-refractivity contribution in [3.63, 3.8) is 0 Å². The molecule has 2 aromatic heterocycles. The molecule has 9 aromatic rings. The normalized spacial score (nSPS) is 12.0. The maximum atomic E-state index is 6.64. The van der Waals surface area contributed by atoms with Crippen molar-refractivity contribution in [3.05, 3.63) is 140 Å². The minimum absolute atomic E-state index is 0.797. The molecule has 44 heavy (non-hydrogen) atoms. The first-order valence-corrected chi connectivity index (χ1v) is 15.1. The lowest BCUT2D eigenvalue weighted by Crippen LogP contribution is -1.93. The zero-order valence-electron chi connectivity index (χ0n) is 24.2. The summed E-state index contributed by atoms with van der Waals surface area (Å²) in [7, 11) is 0. The summed E-state index contributed by atoms with van der Waals surface area (Å²) in [6, 6.07) is 41.0. The molecule has 0 fully saturated rings. The van der Waals surface area contributed by atoms with Gasteiger partial charge in [-0.1, -0.05) is 110 Å². The topological polar surface area (TPSA) is 26.3 Å². The van der Waals surface area contributed by atoms with Crippen LogP contribution in [0.3, 0.4) is 0 Å². The molecule has 2 heteroatoms. The highest BCUT2D eigenvalue weighted by molar-refractivity contribution is 6.33. The first-order chi connectivity index (χ1) is 21.7. The van der Waals surface area contributed by atoms with Crippen LogP contribution in [0.2, 0.25) is 0 Å². The van der Waals surface area contributed by atoms with Gasteiger partial charge in [-0.15, -0.1) is 6.58 Å². The second kappa shape index (κ2) is 9.45. The van der Waals surface area contributed by atoms with Crippen molar-refractivity contribution in [2.75, 3.05) is 0 Å². The van der Waals surface area contributed by atoms with Crippen molar-refractivity contribution in [1.29, 1.82) is 0 Å². The van der Waals surface area contributed by atoms with Gasteiger partial charge in [0.25, 0.3) is 0 Å². The Morgan fingerprint density at radius 3 is 1.66 bits per heavy atom. The molecule has 0 saturated heterocycles. The lowest BCUT2D eigenvalue weighted by atomic mass is 9.85. The van der Waals surface area contributed by atoms with Gasteiger partial charge in [0.2, 0.25) is 0 Å². The molecule has 2 heterocycles. The van der Waals surface area contributed by atoms with Crippen LogP contribution in [0, 0.1) is 0 Å². The monoisotopic (exact) mass is 564 g/mol. The summed E-state index contributed by atoms with van der Waals surface area (Å²) >= 11 is 0. The lowest BCUT2D eigenvalue weighted by Gasteiger charge is -2.18. The zero-order chi connectivity index (χ0) is 29.4. The van der Waals surface area contributed by atoms with Gasteiger partial charge in [0.1, 0.15) is 11.2 Å². The van der Waals surface area contributed by atoms with Crippen molar-refractivity contribution in [3.8, 4) is 11.1 Å². The molecule has 9 rings (SSSR count). The highest BCUT2D eigenvalue weighted by atomic mass is 16.4. The largest absolute Gasteiger partial charge is 0.452 e. The van der Waals surface area contributed by atoms with Gasteiger partial charge < -0.3 is 8.83 Å². The average Bonchev–Trinajstić information content (AvgIpc) is 3.65. The molecule has 0 radical (unpaired) electrons. The summed E-state index contributed by atoms with van der Waals surface area (Å²) in [6.07, 6.45) is 3.75. The van der Waals surface area contributed by atoms with Crippen LogP contribution < -0.4 is 0 Å². The van der Waals surface area contributed by atoms with Crippen LogP contribution in [0.15, 0.2) is 143 Å². The van der Waals surface area contributed by atoms with Gasteiger partial charge in [0.15, 0.2) is 11.2 Å². The molecule has 0 N–H and O–H groups in total. The van der Waals surface area contributed by atoms with Crippen molar-refractivity contribution < 1.29 is 8.83 Å². The molecule has 0 atom stereocenters. The van der Waals surface area contributed by atoms with Gasteiger partial charge in [-0.05, 0) is 85.6 Å². The number of para-hydroxylation sites is 1. The minimum atomic E-state index is 0.797. The maximum Gasteiger partial charge on any atom is 0.179 e. The van der Waals surface area contributed by atoms with Crippen LogP contribution in [0.1, 0.15) is 18.4 Å². The summed E-state index contributed by atoms with van der Waals surface area (Å²) in [4.78, 5) is 0. The Hall–Kier alpha value is -5.60. The number of rotatable bonds is 5. The third-order valence-electron chi connectivity index (χ3n) is 9.18. The number of benzene rings is 7. The molecule has 0 amide bonds. The van der Waals surface area contributed by atoms with Gasteiger partial charge >= 0.3 is 0 Å². The molecular formula is C42H28O2. The summed E-state index contributed by atoms with van der Waals surface area (Å²) in [5.41, 5.74) is 8.07. The van der Waals surface area contributed by atoms with Crippen LogP contribution in [-0.2, 0) is 0 Å². The van der Waals surface area contributed by atoms with E-state index >= 15 is 0 Å². The maximum absolute atomic E-state index is 6.64. The van der Waals surface area contributed by atoms with E-state index in [1.165, 1.54) is 43.4 Å². The van der Waals surface area contributed by atoms with Crippen LogP contribution >= 0.6 is 0 Å². The number of furan rings is 2. The number of allylic oxidation sites excluding steroid dienone is 2. The molecule has 0 saturated carbocycles. The van der Waals surface area contributed by atoms with Gasteiger partial charge in [-0.3, -0.25) is 0 Å². The van der Waals surface area contributed by atoms with E-state index < -0.39 is 0 Å². The Bertz CT molecular complexity index is 2590. The predicted molar refractivity (Wildman–Crippen MR) is 187 cm³/mol. The summed E-state index contributed by atoms with van der Waals surface area (Å²) < 4.78 is 13.1. The summed E-state index contributed by atoms with van der Waals surface area (Å²) in [5.74, 6) is 0. The van der Waals surface area contributed by atoms with Gasteiger partial charge in [0, 0.05) is 21.5 Å². The van der Waals surface area contributed by atoms with Crippen LogP contribution in [0.5, 0.6) is 0 Å². The Balaban J connectivity index is 1.40. The molecule has 0 aliphatic carbocycles. The average molecular weight is 565 g/mol. The highest BCUT2D eigenvalue weighted by Gasteiger charge is 2.22. The van der Waals surface area contributed by atoms with Crippen molar-refractivity contribution in [1.82, 2.24) is 0 Å². The van der Waals surface area contributed by atoms with Crippen molar-refractivity contribution in [2.45, 2.75) is 12.8 Å². The Morgan fingerprint density at radius 1 is 0.545 bits per heavy atom. The molecule has 2 nitrogen and oxygen atoms in total. The SMILES string of the molecule is C=CCCC(=C)c1c2ccccc2c(-c2ccc3oc4c5oc6ccccc6c5c5ccccc5c4c3c2)c2ccccc12. The highest BCUT2D eigenvalue weighted by Crippen LogP contribution is 2.47. The van der Waals surface area contributed by atoms with E-state index in [9.17, 15) is 0 Å². The molecule has 0 unspecified atom stereocenters. The number of fused-ring (bicyclic) bond motifs is 12. The quantitative estimate of drug-likeness (QED) is 0.153. The summed E-state index contributed by atoms with van der Waals surface area (Å²) in [5, 5.41) is 11.6. The van der Waals surface area contributed by atoms with E-state index in [2.05, 4.69) is 116 Å². The molecular weight excluding hydrogens is 536 g/mol. The summed E-state index contributed by atoms with van der Waals surface area (Å²) in [6.45, 7) is 8.47. The van der Waals surface area contributed by atoms with E-state index in [0.717, 1.165) is 67.9 Å². The lowest BCUT2D eigenvalue weighted by molar-refractivity contribution is 0.633. The standard InChI is InChI=1S/C42H28O2/c1-3-4-13-25(2)37-27-14-5-7-16-29(27)38(30-17-8-6-15-28(30)37)26-22-23-36-34(24-26)40-32-19-10-9-18-31(32)39-33-20-11-12-21-35(33)43-41(39)42(40)44-36/h3,5-12,14-24H,1-2,4,13H2. The second-order valence-electron chi connectivity index (χ2n) is 11.6. The molecule has 7 aromatic carbocycles. The number of hydrogen-bond acceptors (Lipinski definition) is 2. The van der Waals surface area contributed by atoms with Gasteiger partial charge in [-0.25, -0.2) is 0 Å². The molecule has 0 aliphatic rings. The van der Waals surface area contributed by atoms with E-state index in [4.69, 9.17) is 8.83 Å². The molecule has 208 valence electrons. The Kier molecular flexibility index (Phi) is 5.36. The minimum Gasteiger partial charge on any atom is -0.452 e. The Morgan fingerprint density at radius 2 is 1.05 bits per heavy atom. The zero-order valence-corrected chi connectivity index (χ0v) is 24.2.